The van der Waals surface area contributed by atoms with Gasteiger partial charge in [0.15, 0.2) is 0 Å². The third-order valence-corrected chi connectivity index (χ3v) is 5.10. The summed E-state index contributed by atoms with van der Waals surface area (Å²) in [7, 11) is 1.45. The van der Waals surface area contributed by atoms with Gasteiger partial charge in [0.25, 0.3) is 15.0 Å². The van der Waals surface area contributed by atoms with E-state index in [0.29, 0.717) is 19.8 Å². The zero-order valence-electron chi connectivity index (χ0n) is 11.8. The molecule has 0 aliphatic carbocycles. The van der Waals surface area contributed by atoms with Crippen LogP contribution in [-0.2, 0) is 13.8 Å². The van der Waals surface area contributed by atoms with E-state index in [9.17, 15) is 13.2 Å². The fourth-order valence-electron chi connectivity index (χ4n) is 2.23. The summed E-state index contributed by atoms with van der Waals surface area (Å²) >= 11 is 0. The molecule has 5 nitrogen and oxygen atoms in total. The highest BCUT2D eigenvalue weighted by Gasteiger charge is 2.28. The third-order valence-electron chi connectivity index (χ3n) is 3.75. The van der Waals surface area contributed by atoms with Crippen LogP contribution in [0.4, 0.5) is 0 Å². The third kappa shape index (κ3) is 4.43. The van der Waals surface area contributed by atoms with Crippen molar-refractivity contribution in [1.82, 2.24) is 5.32 Å². The fourth-order valence-corrected chi connectivity index (χ4v) is 3.02. The number of carbonyl (C=O) groups is 1. The summed E-state index contributed by atoms with van der Waals surface area (Å²) in [5.41, 5.74) is 0.303. The van der Waals surface area contributed by atoms with Crippen LogP contribution >= 0.6 is 10.7 Å². The van der Waals surface area contributed by atoms with E-state index >= 15 is 0 Å². The lowest BCUT2D eigenvalue weighted by atomic mass is 9.82. The van der Waals surface area contributed by atoms with Gasteiger partial charge in [0.1, 0.15) is 0 Å². The summed E-state index contributed by atoms with van der Waals surface area (Å²) in [5.74, 6) is -0.301. The fraction of sp³-hybridized carbons (Fsp3) is 0.500. The molecule has 1 heterocycles. The average molecular weight is 332 g/mol. The standard InChI is InChI=1S/C14H18ClNO4S/c1-14(5-7-20-8-6-14)10-16-13(17)11-3-2-4-12(9-11)21(15,18)19/h2-4,9H,5-8,10H2,1H3,(H,16,17). The molecule has 0 saturated carbocycles. The van der Waals surface area contributed by atoms with Gasteiger partial charge in [0, 0.05) is 36.0 Å². The lowest BCUT2D eigenvalue weighted by Crippen LogP contribution is -2.39. The first-order chi connectivity index (χ1) is 9.80. The van der Waals surface area contributed by atoms with E-state index in [0.717, 1.165) is 12.8 Å². The van der Waals surface area contributed by atoms with E-state index in [1.807, 2.05) is 0 Å². The Morgan fingerprint density at radius 2 is 2.05 bits per heavy atom. The molecule has 1 aromatic carbocycles. The molecule has 7 heteroatoms. The first kappa shape index (κ1) is 16.3. The average Bonchev–Trinajstić information content (AvgIpc) is 2.45. The first-order valence-corrected chi connectivity index (χ1v) is 9.02. The van der Waals surface area contributed by atoms with E-state index in [1.54, 1.807) is 6.07 Å². The van der Waals surface area contributed by atoms with Gasteiger partial charge in [-0.3, -0.25) is 4.79 Å². The maximum atomic E-state index is 12.1. The van der Waals surface area contributed by atoms with Crippen molar-refractivity contribution in [3.63, 3.8) is 0 Å². The van der Waals surface area contributed by atoms with Crippen molar-refractivity contribution in [2.45, 2.75) is 24.7 Å². The minimum absolute atomic E-state index is 0.0179. The van der Waals surface area contributed by atoms with Gasteiger partial charge in [-0.15, -0.1) is 0 Å². The molecule has 1 aliphatic rings. The molecule has 0 atom stereocenters. The van der Waals surface area contributed by atoms with Crippen LogP contribution in [0.15, 0.2) is 29.2 Å². The van der Waals surface area contributed by atoms with Gasteiger partial charge < -0.3 is 10.1 Å². The maximum Gasteiger partial charge on any atom is 0.261 e. The molecule has 0 bridgehead atoms. The normalized spacial score (nSPS) is 18.2. The molecule has 1 N–H and O–H groups in total. The first-order valence-electron chi connectivity index (χ1n) is 6.71. The van der Waals surface area contributed by atoms with Gasteiger partial charge in [-0.05, 0) is 36.5 Å². The Bertz CT molecular complexity index is 624. The molecule has 2 rings (SSSR count). The van der Waals surface area contributed by atoms with Gasteiger partial charge in [-0.2, -0.15) is 0 Å². The lowest BCUT2D eigenvalue weighted by Gasteiger charge is -2.33. The second-order valence-corrected chi connectivity index (χ2v) is 8.14. The molecule has 1 aromatic rings. The molecule has 0 unspecified atom stereocenters. The van der Waals surface area contributed by atoms with Crippen molar-refractivity contribution >= 4 is 25.6 Å². The van der Waals surface area contributed by atoms with Crippen LogP contribution < -0.4 is 5.32 Å². The summed E-state index contributed by atoms with van der Waals surface area (Å²) in [6.45, 7) is 4.04. The smallest absolute Gasteiger partial charge is 0.261 e. The predicted molar refractivity (Wildman–Crippen MR) is 80.0 cm³/mol. The topological polar surface area (TPSA) is 72.5 Å². The quantitative estimate of drug-likeness (QED) is 0.858. The molecule has 0 aromatic heterocycles. The van der Waals surface area contributed by atoms with Crippen molar-refractivity contribution < 1.29 is 17.9 Å². The SMILES string of the molecule is CC1(CNC(=O)c2cccc(S(=O)(=O)Cl)c2)CCOCC1. The zero-order valence-corrected chi connectivity index (χ0v) is 13.3. The number of halogens is 1. The molecule has 1 amide bonds. The summed E-state index contributed by atoms with van der Waals surface area (Å²) in [6.07, 6.45) is 1.78. The van der Waals surface area contributed by atoms with Crippen LogP contribution in [0.25, 0.3) is 0 Å². The Morgan fingerprint density at radius 1 is 1.38 bits per heavy atom. The Labute approximate surface area is 129 Å². The zero-order chi connectivity index (χ0) is 15.5. The van der Waals surface area contributed by atoms with E-state index in [1.165, 1.54) is 18.2 Å². The van der Waals surface area contributed by atoms with Crippen LogP contribution in [0.5, 0.6) is 0 Å². The number of benzene rings is 1. The van der Waals surface area contributed by atoms with Gasteiger partial charge in [0.2, 0.25) is 0 Å². The number of hydrogen-bond acceptors (Lipinski definition) is 4. The number of hydrogen-bond donors (Lipinski definition) is 1. The van der Waals surface area contributed by atoms with E-state index in [4.69, 9.17) is 15.4 Å². The Kier molecular flexibility index (Phi) is 4.91. The molecule has 0 radical (unpaired) electrons. The van der Waals surface area contributed by atoms with E-state index in [2.05, 4.69) is 12.2 Å². The number of amides is 1. The Hall–Kier alpha value is -1.11. The van der Waals surface area contributed by atoms with Gasteiger partial charge >= 0.3 is 0 Å². The molecule has 0 spiro atoms. The van der Waals surface area contributed by atoms with Crippen LogP contribution in [0.3, 0.4) is 0 Å². The molecule has 1 aliphatic heterocycles. The Morgan fingerprint density at radius 3 is 2.67 bits per heavy atom. The van der Waals surface area contributed by atoms with Crippen molar-refractivity contribution in [3.05, 3.63) is 29.8 Å². The van der Waals surface area contributed by atoms with Crippen LogP contribution in [0, 0.1) is 5.41 Å². The number of carbonyl (C=O) groups excluding carboxylic acids is 1. The Balaban J connectivity index is 2.04. The van der Waals surface area contributed by atoms with Crippen LogP contribution in [0.1, 0.15) is 30.1 Å². The molecular weight excluding hydrogens is 314 g/mol. The van der Waals surface area contributed by atoms with Crippen molar-refractivity contribution in [2.75, 3.05) is 19.8 Å². The highest BCUT2D eigenvalue weighted by atomic mass is 35.7. The second-order valence-electron chi connectivity index (χ2n) is 5.57. The monoisotopic (exact) mass is 331 g/mol. The molecule has 21 heavy (non-hydrogen) atoms. The van der Waals surface area contributed by atoms with Crippen LogP contribution in [0.2, 0.25) is 0 Å². The largest absolute Gasteiger partial charge is 0.381 e. The highest BCUT2D eigenvalue weighted by Crippen LogP contribution is 2.28. The van der Waals surface area contributed by atoms with Gasteiger partial charge in [0.05, 0.1) is 4.90 Å². The summed E-state index contributed by atoms with van der Waals surface area (Å²) in [5, 5.41) is 2.86. The maximum absolute atomic E-state index is 12.1. The molecule has 1 saturated heterocycles. The molecule has 1 fully saturated rings. The van der Waals surface area contributed by atoms with Crippen molar-refractivity contribution in [2.24, 2.45) is 5.41 Å². The van der Waals surface area contributed by atoms with E-state index < -0.39 is 9.05 Å². The summed E-state index contributed by atoms with van der Waals surface area (Å²) in [4.78, 5) is 12.1. The predicted octanol–water partition coefficient (Wildman–Crippen LogP) is 2.16. The van der Waals surface area contributed by atoms with Crippen LogP contribution in [-0.4, -0.2) is 34.1 Å². The lowest BCUT2D eigenvalue weighted by molar-refractivity contribution is 0.0238. The molecular formula is C14H18ClNO4S. The second kappa shape index (κ2) is 6.34. The number of nitrogens with one attached hydrogen (secondary N) is 1. The number of ether oxygens (including phenoxy) is 1. The minimum atomic E-state index is -3.83. The summed E-state index contributed by atoms with van der Waals surface area (Å²) in [6, 6.07) is 5.70. The van der Waals surface area contributed by atoms with Gasteiger partial charge in [-0.25, -0.2) is 8.42 Å². The van der Waals surface area contributed by atoms with Crippen molar-refractivity contribution in [1.29, 1.82) is 0 Å². The van der Waals surface area contributed by atoms with Gasteiger partial charge in [-0.1, -0.05) is 13.0 Å². The summed E-state index contributed by atoms with van der Waals surface area (Å²) < 4.78 is 27.9. The van der Waals surface area contributed by atoms with E-state index in [-0.39, 0.29) is 21.8 Å². The molecule has 116 valence electrons. The minimum Gasteiger partial charge on any atom is -0.381 e. The number of rotatable bonds is 4. The van der Waals surface area contributed by atoms with Crippen molar-refractivity contribution in [3.8, 4) is 0 Å². The highest BCUT2D eigenvalue weighted by molar-refractivity contribution is 8.13.